The van der Waals surface area contributed by atoms with E-state index in [1.807, 2.05) is 31.2 Å². The van der Waals surface area contributed by atoms with Crippen LogP contribution in [-0.4, -0.2) is 55.0 Å². The molecular weight excluding hydrogens is 346 g/mol. The maximum Gasteiger partial charge on any atom is 0.237 e. The van der Waals surface area contributed by atoms with Gasteiger partial charge in [-0.1, -0.05) is 18.2 Å². The Kier molecular flexibility index (Phi) is 6.66. The number of nitrogens with one attached hydrogen (secondary N) is 1. The van der Waals surface area contributed by atoms with Gasteiger partial charge in [0.15, 0.2) is 0 Å². The van der Waals surface area contributed by atoms with Crippen LogP contribution in [0.2, 0.25) is 0 Å². The summed E-state index contributed by atoms with van der Waals surface area (Å²) in [4.78, 5) is 17.3. The molecule has 0 radical (unpaired) electrons. The zero-order valence-electron chi connectivity index (χ0n) is 15.5. The largest absolute Gasteiger partial charge is 0.496 e. The van der Waals surface area contributed by atoms with Gasteiger partial charge >= 0.3 is 0 Å². The molecule has 1 amide bonds. The van der Waals surface area contributed by atoms with E-state index in [-0.39, 0.29) is 11.9 Å². The van der Waals surface area contributed by atoms with E-state index in [1.54, 1.807) is 18.4 Å². The first-order valence-electron chi connectivity index (χ1n) is 9.04. The molecule has 1 fully saturated rings. The predicted octanol–water partition coefficient (Wildman–Crippen LogP) is 2.58. The highest BCUT2D eigenvalue weighted by Gasteiger charge is 2.25. The fraction of sp³-hybridized carbons (Fsp3) is 0.450. The average Bonchev–Trinajstić information content (AvgIpc) is 3.19. The van der Waals surface area contributed by atoms with Crippen molar-refractivity contribution in [2.75, 3.05) is 33.3 Å². The van der Waals surface area contributed by atoms with E-state index >= 15 is 0 Å². The van der Waals surface area contributed by atoms with E-state index in [0.29, 0.717) is 6.54 Å². The van der Waals surface area contributed by atoms with Crippen LogP contribution in [0.5, 0.6) is 5.75 Å². The molecule has 1 aliphatic rings. The van der Waals surface area contributed by atoms with E-state index in [2.05, 4.69) is 31.9 Å². The number of benzene rings is 1. The van der Waals surface area contributed by atoms with Gasteiger partial charge in [-0.25, -0.2) is 0 Å². The number of rotatable bonds is 7. The number of amides is 1. The molecule has 1 atom stereocenters. The van der Waals surface area contributed by atoms with Crippen molar-refractivity contribution in [2.45, 2.75) is 26.1 Å². The zero-order valence-corrected chi connectivity index (χ0v) is 16.3. The van der Waals surface area contributed by atoms with Gasteiger partial charge in [-0.15, -0.1) is 0 Å². The molecule has 0 saturated carbocycles. The zero-order chi connectivity index (χ0) is 18.4. The lowest BCUT2D eigenvalue weighted by Gasteiger charge is -2.37. The third-order valence-corrected chi connectivity index (χ3v) is 5.70. The normalized spacial score (nSPS) is 17.0. The molecule has 6 heteroatoms. The van der Waals surface area contributed by atoms with Crippen LogP contribution in [0.4, 0.5) is 0 Å². The summed E-state index contributed by atoms with van der Waals surface area (Å²) in [5.41, 5.74) is 2.38. The molecule has 3 rings (SSSR count). The summed E-state index contributed by atoms with van der Waals surface area (Å²) >= 11 is 1.74. The molecule has 0 spiro atoms. The van der Waals surface area contributed by atoms with Gasteiger partial charge in [0.2, 0.25) is 5.91 Å². The Balaban J connectivity index is 1.45. The van der Waals surface area contributed by atoms with Gasteiger partial charge < -0.3 is 10.1 Å². The SMILES string of the molecule is COc1ccccc1CNC(=O)C(C)N1CCN(Cc2ccsc2)CC1. The summed E-state index contributed by atoms with van der Waals surface area (Å²) in [6.07, 6.45) is 0. The van der Waals surface area contributed by atoms with Gasteiger partial charge in [-0.2, -0.15) is 11.3 Å². The summed E-state index contributed by atoms with van der Waals surface area (Å²) in [7, 11) is 1.65. The number of piperazine rings is 1. The van der Waals surface area contributed by atoms with Crippen molar-refractivity contribution in [3.63, 3.8) is 0 Å². The standard InChI is InChI=1S/C20H27N3O2S/c1-16(20(24)21-13-18-5-3-4-6-19(18)25-2)23-10-8-22(9-11-23)14-17-7-12-26-15-17/h3-7,12,15-16H,8-11,13-14H2,1-2H3,(H,21,24). The molecule has 2 aromatic rings. The second kappa shape index (κ2) is 9.16. The Labute approximate surface area is 159 Å². The van der Waals surface area contributed by atoms with Gasteiger partial charge in [-0.05, 0) is 35.4 Å². The van der Waals surface area contributed by atoms with Crippen molar-refractivity contribution in [3.05, 3.63) is 52.2 Å². The van der Waals surface area contributed by atoms with Crippen LogP contribution in [0.25, 0.3) is 0 Å². The summed E-state index contributed by atoms with van der Waals surface area (Å²) < 4.78 is 5.34. The third kappa shape index (κ3) is 4.84. The minimum atomic E-state index is -0.118. The van der Waals surface area contributed by atoms with Crippen molar-refractivity contribution in [1.29, 1.82) is 0 Å². The number of nitrogens with zero attached hydrogens (tertiary/aromatic N) is 2. The van der Waals surface area contributed by atoms with Crippen LogP contribution in [0.15, 0.2) is 41.1 Å². The summed E-state index contributed by atoms with van der Waals surface area (Å²) in [5.74, 6) is 0.879. The smallest absolute Gasteiger partial charge is 0.237 e. The van der Waals surface area contributed by atoms with E-state index in [1.165, 1.54) is 5.56 Å². The lowest BCUT2D eigenvalue weighted by atomic mass is 10.1. The molecular formula is C20H27N3O2S. The number of thiophene rings is 1. The maximum atomic E-state index is 12.5. The van der Waals surface area contributed by atoms with Crippen LogP contribution >= 0.6 is 11.3 Å². The first kappa shape index (κ1) is 18.9. The Morgan fingerprint density at radius 3 is 2.69 bits per heavy atom. The Bertz CT molecular complexity index is 697. The molecule has 1 aromatic carbocycles. The van der Waals surface area contributed by atoms with Gasteiger partial charge in [0, 0.05) is 44.8 Å². The molecule has 26 heavy (non-hydrogen) atoms. The first-order valence-corrected chi connectivity index (χ1v) is 9.98. The number of carbonyl (C=O) groups excluding carboxylic acids is 1. The number of hydrogen-bond donors (Lipinski definition) is 1. The predicted molar refractivity (Wildman–Crippen MR) is 105 cm³/mol. The molecule has 140 valence electrons. The van der Waals surface area contributed by atoms with Crippen LogP contribution in [0, 0.1) is 0 Å². The second-order valence-electron chi connectivity index (χ2n) is 6.65. The fourth-order valence-corrected chi connectivity index (χ4v) is 3.95. The summed E-state index contributed by atoms with van der Waals surface area (Å²) in [6, 6.07) is 9.85. The Morgan fingerprint density at radius 1 is 1.23 bits per heavy atom. The fourth-order valence-electron chi connectivity index (χ4n) is 3.29. The highest BCUT2D eigenvalue weighted by atomic mass is 32.1. The van der Waals surface area contributed by atoms with E-state index in [0.717, 1.165) is 44.0 Å². The molecule has 5 nitrogen and oxygen atoms in total. The molecule has 1 saturated heterocycles. The lowest BCUT2D eigenvalue weighted by Crippen LogP contribution is -2.53. The van der Waals surface area contributed by atoms with Crippen LogP contribution < -0.4 is 10.1 Å². The maximum absolute atomic E-state index is 12.5. The highest BCUT2D eigenvalue weighted by molar-refractivity contribution is 7.07. The van der Waals surface area contributed by atoms with E-state index < -0.39 is 0 Å². The molecule has 0 bridgehead atoms. The monoisotopic (exact) mass is 373 g/mol. The van der Waals surface area contributed by atoms with Crippen LogP contribution in [0.1, 0.15) is 18.1 Å². The van der Waals surface area contributed by atoms with Crippen LogP contribution in [-0.2, 0) is 17.9 Å². The third-order valence-electron chi connectivity index (χ3n) is 4.97. The summed E-state index contributed by atoms with van der Waals surface area (Å²) in [5, 5.41) is 7.38. The van der Waals surface area contributed by atoms with Crippen molar-refractivity contribution in [1.82, 2.24) is 15.1 Å². The van der Waals surface area contributed by atoms with Crippen molar-refractivity contribution in [3.8, 4) is 5.75 Å². The molecule has 1 unspecified atom stereocenters. The topological polar surface area (TPSA) is 44.8 Å². The second-order valence-corrected chi connectivity index (χ2v) is 7.43. The van der Waals surface area contributed by atoms with Gasteiger partial charge in [0.05, 0.1) is 13.2 Å². The van der Waals surface area contributed by atoms with E-state index in [4.69, 9.17) is 4.74 Å². The quantitative estimate of drug-likeness (QED) is 0.810. The number of ether oxygens (including phenoxy) is 1. The number of carbonyl (C=O) groups is 1. The van der Waals surface area contributed by atoms with Crippen molar-refractivity contribution in [2.24, 2.45) is 0 Å². The van der Waals surface area contributed by atoms with Crippen molar-refractivity contribution < 1.29 is 9.53 Å². The van der Waals surface area contributed by atoms with Crippen molar-refractivity contribution >= 4 is 17.2 Å². The molecule has 0 aliphatic carbocycles. The summed E-state index contributed by atoms with van der Waals surface area (Å²) in [6.45, 7) is 7.34. The first-order chi connectivity index (χ1) is 12.7. The number of methoxy groups -OCH3 is 1. The Morgan fingerprint density at radius 2 is 2.00 bits per heavy atom. The minimum absolute atomic E-state index is 0.0715. The Hall–Kier alpha value is -1.89. The molecule has 2 heterocycles. The van der Waals surface area contributed by atoms with Gasteiger partial charge in [0.25, 0.3) is 0 Å². The average molecular weight is 374 g/mol. The molecule has 1 N–H and O–H groups in total. The molecule has 1 aromatic heterocycles. The van der Waals surface area contributed by atoms with Gasteiger partial charge in [0.1, 0.15) is 5.75 Å². The molecule has 1 aliphatic heterocycles. The minimum Gasteiger partial charge on any atom is -0.496 e. The number of para-hydroxylation sites is 1. The highest BCUT2D eigenvalue weighted by Crippen LogP contribution is 2.17. The van der Waals surface area contributed by atoms with E-state index in [9.17, 15) is 4.79 Å². The van der Waals surface area contributed by atoms with Gasteiger partial charge in [-0.3, -0.25) is 14.6 Å². The number of hydrogen-bond acceptors (Lipinski definition) is 5. The lowest BCUT2D eigenvalue weighted by molar-refractivity contribution is -0.126. The van der Waals surface area contributed by atoms with Crippen LogP contribution in [0.3, 0.4) is 0 Å².